The molecular weight excluding hydrogens is 226 g/mol. The Balaban J connectivity index is 2.70. The van der Waals surface area contributed by atoms with Gasteiger partial charge >= 0.3 is 5.97 Å². The summed E-state index contributed by atoms with van der Waals surface area (Å²) in [6.45, 7) is 1.75. The summed E-state index contributed by atoms with van der Waals surface area (Å²) in [5, 5.41) is 15.8. The molecule has 1 unspecified atom stereocenters. The Morgan fingerprint density at radius 2 is 2.58 bits per heavy atom. The van der Waals surface area contributed by atoms with E-state index in [-0.39, 0.29) is 11.4 Å². The minimum absolute atomic E-state index is 0.0973. The maximum Gasteiger partial charge on any atom is 0.325 e. The van der Waals surface area contributed by atoms with Gasteiger partial charge in [-0.25, -0.2) is 4.68 Å². The van der Waals surface area contributed by atoms with Gasteiger partial charge in [-0.1, -0.05) is 21.1 Å². The Labute approximate surface area is 77.5 Å². The maximum atomic E-state index is 10.2. The van der Waals surface area contributed by atoms with Gasteiger partial charge < -0.3 is 5.11 Å². The highest BCUT2D eigenvalue weighted by atomic mass is 79.9. The summed E-state index contributed by atoms with van der Waals surface area (Å²) in [5.74, 6) is -0.923. The summed E-state index contributed by atoms with van der Waals surface area (Å²) in [4.78, 5) is 10.3. The van der Waals surface area contributed by atoms with Gasteiger partial charge in [0, 0.05) is 0 Å². The van der Waals surface area contributed by atoms with E-state index >= 15 is 0 Å². The van der Waals surface area contributed by atoms with E-state index < -0.39 is 5.97 Å². The SMILES string of the molecule is CC(Br)c1cn(CC(=O)O)nn1. The maximum absolute atomic E-state index is 10.2. The third kappa shape index (κ3) is 2.30. The van der Waals surface area contributed by atoms with E-state index in [2.05, 4.69) is 26.2 Å². The first kappa shape index (κ1) is 9.18. The summed E-state index contributed by atoms with van der Waals surface area (Å²) in [5.41, 5.74) is 0.733. The number of halogens is 1. The van der Waals surface area contributed by atoms with Crippen molar-refractivity contribution < 1.29 is 9.90 Å². The van der Waals surface area contributed by atoms with E-state index in [4.69, 9.17) is 5.11 Å². The van der Waals surface area contributed by atoms with Gasteiger partial charge in [0.15, 0.2) is 0 Å². The molecular formula is C6H8BrN3O2. The van der Waals surface area contributed by atoms with E-state index in [1.165, 1.54) is 4.68 Å². The quantitative estimate of drug-likeness (QED) is 0.786. The zero-order valence-electron chi connectivity index (χ0n) is 6.44. The monoisotopic (exact) mass is 233 g/mol. The van der Waals surface area contributed by atoms with Crippen molar-refractivity contribution in [2.75, 3.05) is 0 Å². The van der Waals surface area contributed by atoms with Crippen LogP contribution >= 0.6 is 15.9 Å². The van der Waals surface area contributed by atoms with E-state index in [1.807, 2.05) is 6.92 Å². The van der Waals surface area contributed by atoms with E-state index in [9.17, 15) is 4.79 Å². The second kappa shape index (κ2) is 3.66. The molecule has 6 heteroatoms. The van der Waals surface area contributed by atoms with Gasteiger partial charge in [-0.05, 0) is 6.92 Å². The number of hydrogen-bond acceptors (Lipinski definition) is 3. The molecule has 1 rings (SSSR count). The van der Waals surface area contributed by atoms with Crippen LogP contribution in [0, 0.1) is 0 Å². The van der Waals surface area contributed by atoms with Crippen LogP contribution in [-0.4, -0.2) is 26.1 Å². The number of alkyl halides is 1. The predicted molar refractivity (Wildman–Crippen MR) is 45.0 cm³/mol. The van der Waals surface area contributed by atoms with Gasteiger partial charge in [-0.2, -0.15) is 0 Å². The number of carboxylic acid groups (broad SMARTS) is 1. The number of carbonyl (C=O) groups is 1. The summed E-state index contributed by atoms with van der Waals surface area (Å²) in [6.07, 6.45) is 1.60. The molecule has 0 saturated heterocycles. The summed E-state index contributed by atoms with van der Waals surface area (Å²) in [6, 6.07) is 0. The lowest BCUT2D eigenvalue weighted by atomic mass is 10.4. The van der Waals surface area contributed by atoms with Crippen LogP contribution in [0.15, 0.2) is 6.20 Å². The van der Waals surface area contributed by atoms with Gasteiger partial charge in [-0.3, -0.25) is 4.79 Å². The molecule has 0 saturated carbocycles. The van der Waals surface area contributed by atoms with Crippen molar-refractivity contribution in [3.63, 3.8) is 0 Å². The second-order valence-electron chi connectivity index (χ2n) is 2.35. The van der Waals surface area contributed by atoms with Crippen molar-refractivity contribution in [2.45, 2.75) is 18.3 Å². The molecule has 1 heterocycles. The Bertz CT molecular complexity index is 284. The van der Waals surface area contributed by atoms with Gasteiger partial charge in [0.1, 0.15) is 6.54 Å². The third-order valence-electron chi connectivity index (χ3n) is 1.26. The molecule has 0 aliphatic rings. The molecule has 0 aliphatic carbocycles. The fourth-order valence-electron chi connectivity index (χ4n) is 0.712. The molecule has 0 bridgehead atoms. The zero-order valence-corrected chi connectivity index (χ0v) is 8.02. The summed E-state index contributed by atoms with van der Waals surface area (Å²) >= 11 is 3.30. The van der Waals surface area contributed by atoms with Crippen LogP contribution in [0.5, 0.6) is 0 Å². The minimum atomic E-state index is -0.923. The summed E-state index contributed by atoms with van der Waals surface area (Å²) in [7, 11) is 0. The highest BCUT2D eigenvalue weighted by Crippen LogP contribution is 2.17. The average Bonchev–Trinajstić information content (AvgIpc) is 2.34. The second-order valence-corrected chi connectivity index (χ2v) is 3.72. The van der Waals surface area contributed by atoms with Gasteiger partial charge in [0.05, 0.1) is 16.7 Å². The largest absolute Gasteiger partial charge is 0.480 e. The van der Waals surface area contributed by atoms with Crippen molar-refractivity contribution in [2.24, 2.45) is 0 Å². The molecule has 12 heavy (non-hydrogen) atoms. The molecule has 0 aliphatic heterocycles. The highest BCUT2D eigenvalue weighted by Gasteiger charge is 2.07. The number of hydrogen-bond donors (Lipinski definition) is 1. The van der Waals surface area contributed by atoms with Crippen molar-refractivity contribution in [1.29, 1.82) is 0 Å². The average molecular weight is 234 g/mol. The molecule has 0 fully saturated rings. The van der Waals surface area contributed by atoms with E-state index in [0.717, 1.165) is 5.69 Å². The lowest BCUT2D eigenvalue weighted by molar-refractivity contribution is -0.137. The highest BCUT2D eigenvalue weighted by molar-refractivity contribution is 9.09. The predicted octanol–water partition coefficient (Wildman–Crippen LogP) is 0.819. The molecule has 0 amide bonds. The number of nitrogens with zero attached hydrogens (tertiary/aromatic N) is 3. The molecule has 0 spiro atoms. The standard InChI is InChI=1S/C6H8BrN3O2/c1-4(7)5-2-10(9-8-5)3-6(11)12/h2,4H,3H2,1H3,(H,11,12). The van der Waals surface area contributed by atoms with Crippen LogP contribution < -0.4 is 0 Å². The molecule has 1 atom stereocenters. The molecule has 0 aromatic carbocycles. The smallest absolute Gasteiger partial charge is 0.325 e. The van der Waals surface area contributed by atoms with Crippen molar-refractivity contribution in [3.8, 4) is 0 Å². The Morgan fingerprint density at radius 3 is 3.00 bits per heavy atom. The van der Waals surface area contributed by atoms with E-state index in [1.54, 1.807) is 6.20 Å². The van der Waals surface area contributed by atoms with Gasteiger partial charge in [-0.15, -0.1) is 5.10 Å². The molecule has 66 valence electrons. The Hall–Kier alpha value is -0.910. The first-order valence-electron chi connectivity index (χ1n) is 3.35. The Kier molecular flexibility index (Phi) is 2.80. The van der Waals surface area contributed by atoms with Gasteiger partial charge in [0.25, 0.3) is 0 Å². The first-order chi connectivity index (χ1) is 5.59. The topological polar surface area (TPSA) is 68.0 Å². The molecule has 1 aromatic rings. The van der Waals surface area contributed by atoms with Crippen LogP contribution in [-0.2, 0) is 11.3 Å². The van der Waals surface area contributed by atoms with Crippen LogP contribution in [0.1, 0.15) is 17.4 Å². The zero-order chi connectivity index (χ0) is 9.14. The molecule has 5 nitrogen and oxygen atoms in total. The number of carboxylic acids is 1. The molecule has 1 aromatic heterocycles. The summed E-state index contributed by atoms with van der Waals surface area (Å²) < 4.78 is 1.29. The number of aliphatic carboxylic acids is 1. The lowest BCUT2D eigenvalue weighted by Gasteiger charge is -1.93. The fraction of sp³-hybridized carbons (Fsp3) is 0.500. The van der Waals surface area contributed by atoms with Crippen LogP contribution in [0.2, 0.25) is 0 Å². The van der Waals surface area contributed by atoms with Crippen molar-refractivity contribution in [1.82, 2.24) is 15.0 Å². The molecule has 0 radical (unpaired) electrons. The van der Waals surface area contributed by atoms with Crippen molar-refractivity contribution in [3.05, 3.63) is 11.9 Å². The van der Waals surface area contributed by atoms with Crippen LogP contribution in [0.3, 0.4) is 0 Å². The molecule has 1 N–H and O–H groups in total. The first-order valence-corrected chi connectivity index (χ1v) is 4.27. The van der Waals surface area contributed by atoms with Crippen LogP contribution in [0.25, 0.3) is 0 Å². The minimum Gasteiger partial charge on any atom is -0.480 e. The van der Waals surface area contributed by atoms with Crippen molar-refractivity contribution >= 4 is 21.9 Å². The van der Waals surface area contributed by atoms with E-state index in [0.29, 0.717) is 0 Å². The fourth-order valence-corrected chi connectivity index (χ4v) is 0.921. The number of rotatable bonds is 3. The Morgan fingerprint density at radius 1 is 1.92 bits per heavy atom. The number of aromatic nitrogens is 3. The normalized spacial score (nSPS) is 12.8. The van der Waals surface area contributed by atoms with Gasteiger partial charge in [0.2, 0.25) is 0 Å². The van der Waals surface area contributed by atoms with Crippen LogP contribution in [0.4, 0.5) is 0 Å². The third-order valence-corrected chi connectivity index (χ3v) is 1.73. The lowest BCUT2D eigenvalue weighted by Crippen LogP contribution is -2.08.